The molecule has 3 heterocycles. The average Bonchev–Trinajstić information content (AvgIpc) is 3.11. The first kappa shape index (κ1) is 18.1. The van der Waals surface area contributed by atoms with Crippen molar-refractivity contribution in [1.29, 1.82) is 0 Å². The molecular weight excluding hydrogens is 380 g/mol. The van der Waals surface area contributed by atoms with Crippen molar-refractivity contribution >= 4 is 17.6 Å². The highest BCUT2D eigenvalue weighted by atomic mass is 19.3. The molecule has 2 aromatic rings. The molecule has 1 unspecified atom stereocenters. The number of ether oxygens (including phenoxy) is 2. The molecule has 10 nitrogen and oxygen atoms in total. The van der Waals surface area contributed by atoms with Crippen molar-refractivity contribution in [2.75, 3.05) is 11.9 Å². The zero-order valence-corrected chi connectivity index (χ0v) is 14.6. The second kappa shape index (κ2) is 6.41. The molecule has 1 aromatic carbocycles. The van der Waals surface area contributed by atoms with Crippen LogP contribution in [0.4, 0.5) is 14.5 Å². The molecule has 28 heavy (non-hydrogen) atoms. The Balaban J connectivity index is 1.46. The van der Waals surface area contributed by atoms with Gasteiger partial charge in [0.1, 0.15) is 17.7 Å². The average molecular weight is 395 g/mol. The number of anilines is 1. The van der Waals surface area contributed by atoms with Gasteiger partial charge in [-0.25, -0.2) is 0 Å². The van der Waals surface area contributed by atoms with Gasteiger partial charge < -0.3 is 24.5 Å². The Morgan fingerprint density at radius 1 is 1.32 bits per heavy atom. The minimum Gasteiger partial charge on any atom is -0.480 e. The number of hydrogen-bond acceptors (Lipinski definition) is 7. The zero-order valence-electron chi connectivity index (χ0n) is 14.6. The highest BCUT2D eigenvalue weighted by Gasteiger charge is 2.43. The van der Waals surface area contributed by atoms with E-state index in [1.807, 2.05) is 0 Å². The summed E-state index contributed by atoms with van der Waals surface area (Å²) in [5.74, 6) is -0.763. The summed E-state index contributed by atoms with van der Waals surface area (Å²) < 4.78 is 36.5. The van der Waals surface area contributed by atoms with Crippen LogP contribution in [0.15, 0.2) is 18.2 Å². The molecule has 2 N–H and O–H groups in total. The fraction of sp³-hybridized carbons (Fsp3) is 0.375. The summed E-state index contributed by atoms with van der Waals surface area (Å²) in [6, 6.07) is 2.91. The van der Waals surface area contributed by atoms with E-state index < -0.39 is 24.2 Å². The van der Waals surface area contributed by atoms with Crippen LogP contribution in [0.25, 0.3) is 0 Å². The quantitative estimate of drug-likeness (QED) is 0.781. The largest absolute Gasteiger partial charge is 0.586 e. The number of alkyl halides is 2. The molecule has 0 saturated heterocycles. The van der Waals surface area contributed by atoms with Gasteiger partial charge in [0.05, 0.1) is 19.6 Å². The lowest BCUT2D eigenvalue weighted by Crippen LogP contribution is -2.50. The number of hydrogen-bond donors (Lipinski definition) is 2. The first-order valence-corrected chi connectivity index (χ1v) is 8.27. The minimum atomic E-state index is -3.75. The van der Waals surface area contributed by atoms with Gasteiger partial charge in [0.15, 0.2) is 11.5 Å². The van der Waals surface area contributed by atoms with Crippen LogP contribution in [-0.4, -0.2) is 55.5 Å². The molecule has 148 valence electrons. The number of rotatable bonds is 4. The van der Waals surface area contributed by atoms with E-state index in [2.05, 4.69) is 25.0 Å². The minimum absolute atomic E-state index is 0.121. The summed E-state index contributed by atoms with van der Waals surface area (Å²) >= 11 is 0. The fourth-order valence-electron chi connectivity index (χ4n) is 3.17. The number of aryl methyl sites for hydroxylation is 1. The van der Waals surface area contributed by atoms with Crippen LogP contribution in [0.2, 0.25) is 0 Å². The summed E-state index contributed by atoms with van der Waals surface area (Å²) in [6.45, 7) is 1.75. The molecule has 0 saturated carbocycles. The van der Waals surface area contributed by atoms with Gasteiger partial charge in [-0.3, -0.25) is 14.5 Å². The smallest absolute Gasteiger partial charge is 0.480 e. The Labute approximate surface area is 156 Å². The third-order valence-corrected chi connectivity index (χ3v) is 4.47. The Bertz CT molecular complexity index is 963. The van der Waals surface area contributed by atoms with E-state index >= 15 is 0 Å². The molecule has 1 amide bonds. The summed E-state index contributed by atoms with van der Waals surface area (Å²) in [6.07, 6.45) is -3.75. The number of benzene rings is 1. The van der Waals surface area contributed by atoms with Crippen molar-refractivity contribution in [3.05, 3.63) is 29.8 Å². The van der Waals surface area contributed by atoms with E-state index in [-0.39, 0.29) is 36.8 Å². The molecule has 2 aliphatic rings. The van der Waals surface area contributed by atoms with E-state index in [0.717, 1.165) is 0 Å². The van der Waals surface area contributed by atoms with Gasteiger partial charge in [-0.15, -0.1) is 19.0 Å². The van der Waals surface area contributed by atoms with Crippen molar-refractivity contribution in [3.8, 4) is 11.5 Å². The second-order valence-electron chi connectivity index (χ2n) is 6.41. The zero-order chi connectivity index (χ0) is 20.1. The predicted molar refractivity (Wildman–Crippen MR) is 87.9 cm³/mol. The third-order valence-electron chi connectivity index (χ3n) is 4.47. The van der Waals surface area contributed by atoms with Gasteiger partial charge >= 0.3 is 12.3 Å². The van der Waals surface area contributed by atoms with Crippen molar-refractivity contribution in [2.45, 2.75) is 32.3 Å². The second-order valence-corrected chi connectivity index (χ2v) is 6.41. The molecule has 0 radical (unpaired) electrons. The van der Waals surface area contributed by atoms with Crippen LogP contribution in [-0.2, 0) is 22.7 Å². The maximum absolute atomic E-state index is 13.1. The Morgan fingerprint density at radius 2 is 2.07 bits per heavy atom. The molecule has 0 aliphatic carbocycles. The van der Waals surface area contributed by atoms with Crippen LogP contribution < -0.4 is 14.8 Å². The molecule has 0 bridgehead atoms. The molecule has 1 aromatic heterocycles. The van der Waals surface area contributed by atoms with Crippen molar-refractivity contribution < 1.29 is 33.0 Å². The number of nitrogens with zero attached hydrogens (tertiary/aromatic N) is 4. The molecule has 4 rings (SSSR count). The maximum atomic E-state index is 13.1. The van der Waals surface area contributed by atoms with E-state index in [0.29, 0.717) is 11.6 Å². The number of aliphatic carboxylic acids is 1. The SMILES string of the molecule is Cc1nnc2n1CC(C(=O)O)N(CC(=O)Nc1ccc3c(c1)OC(F)(F)O3)C2. The lowest BCUT2D eigenvalue weighted by atomic mass is 10.2. The van der Waals surface area contributed by atoms with Gasteiger partial charge in [-0.2, -0.15) is 0 Å². The van der Waals surface area contributed by atoms with Gasteiger partial charge in [0.25, 0.3) is 0 Å². The first-order chi connectivity index (χ1) is 13.2. The van der Waals surface area contributed by atoms with Gasteiger partial charge in [0, 0.05) is 11.8 Å². The van der Waals surface area contributed by atoms with Crippen LogP contribution in [0.3, 0.4) is 0 Å². The lowest BCUT2D eigenvalue weighted by molar-refractivity contribution is -0.286. The highest BCUT2D eigenvalue weighted by molar-refractivity contribution is 5.93. The van der Waals surface area contributed by atoms with Gasteiger partial charge in [-0.1, -0.05) is 0 Å². The lowest BCUT2D eigenvalue weighted by Gasteiger charge is -2.32. The van der Waals surface area contributed by atoms with E-state index in [1.54, 1.807) is 11.5 Å². The molecule has 0 spiro atoms. The molecule has 2 aliphatic heterocycles. The van der Waals surface area contributed by atoms with Gasteiger partial charge in [-0.05, 0) is 19.1 Å². The van der Waals surface area contributed by atoms with Crippen molar-refractivity contribution in [3.63, 3.8) is 0 Å². The van der Waals surface area contributed by atoms with Crippen LogP contribution >= 0.6 is 0 Å². The monoisotopic (exact) mass is 395 g/mol. The number of aromatic nitrogens is 3. The normalized spacial score (nSPS) is 19.9. The number of fused-ring (bicyclic) bond motifs is 2. The van der Waals surface area contributed by atoms with E-state index in [4.69, 9.17) is 0 Å². The first-order valence-electron chi connectivity index (χ1n) is 8.27. The number of carboxylic acids is 1. The number of carbonyl (C=O) groups excluding carboxylic acids is 1. The number of carboxylic acid groups (broad SMARTS) is 1. The topological polar surface area (TPSA) is 119 Å². The summed E-state index contributed by atoms with van der Waals surface area (Å²) in [5.41, 5.74) is 0.216. The molecule has 0 fully saturated rings. The summed E-state index contributed by atoms with van der Waals surface area (Å²) in [4.78, 5) is 25.5. The standard InChI is InChI=1S/C16H15F2N5O5/c1-8-20-21-13-6-22(10(15(25)26)5-23(8)13)7-14(24)19-9-2-3-11-12(4-9)28-16(17,18)27-11/h2-4,10H,5-7H2,1H3,(H,19,24)(H,25,26). The van der Waals surface area contributed by atoms with E-state index in [9.17, 15) is 23.5 Å². The Hall–Kier alpha value is -3.28. The highest BCUT2D eigenvalue weighted by Crippen LogP contribution is 2.42. The number of carbonyl (C=O) groups is 2. The van der Waals surface area contributed by atoms with Crippen LogP contribution in [0, 0.1) is 6.92 Å². The fourth-order valence-corrected chi connectivity index (χ4v) is 3.17. The third kappa shape index (κ3) is 3.33. The summed E-state index contributed by atoms with van der Waals surface area (Å²) in [7, 11) is 0. The van der Waals surface area contributed by atoms with Gasteiger partial charge in [0.2, 0.25) is 5.91 Å². The maximum Gasteiger partial charge on any atom is 0.586 e. The number of amides is 1. The Morgan fingerprint density at radius 3 is 2.82 bits per heavy atom. The number of nitrogens with one attached hydrogen (secondary N) is 1. The molecule has 12 heteroatoms. The molecular formula is C16H15F2N5O5. The number of halogens is 2. The van der Waals surface area contributed by atoms with E-state index in [1.165, 1.54) is 23.1 Å². The summed E-state index contributed by atoms with van der Waals surface area (Å²) in [5, 5.41) is 19.9. The van der Waals surface area contributed by atoms with Crippen molar-refractivity contribution in [1.82, 2.24) is 19.7 Å². The van der Waals surface area contributed by atoms with Crippen molar-refractivity contribution in [2.24, 2.45) is 0 Å². The van der Waals surface area contributed by atoms with Crippen LogP contribution in [0.5, 0.6) is 11.5 Å². The Kier molecular flexibility index (Phi) is 4.14. The van der Waals surface area contributed by atoms with Crippen LogP contribution in [0.1, 0.15) is 11.6 Å². The predicted octanol–water partition coefficient (Wildman–Crippen LogP) is 0.816. The molecule has 1 atom stereocenters.